The molecule has 6 N–H and O–H groups in total. The second-order valence-electron chi connectivity index (χ2n) is 10.1. The van der Waals surface area contributed by atoms with Crippen LogP contribution >= 0.6 is 23.2 Å². The third-order valence-corrected chi connectivity index (χ3v) is 9.86. The van der Waals surface area contributed by atoms with Gasteiger partial charge in [0, 0.05) is 16.8 Å². The highest BCUT2D eigenvalue weighted by atomic mass is 35.5. The van der Waals surface area contributed by atoms with Crippen LogP contribution < -0.4 is 16.4 Å². The van der Waals surface area contributed by atoms with Gasteiger partial charge in [-0.1, -0.05) is 47.5 Å². The number of halogens is 2. The Morgan fingerprint density at radius 3 is 1.96 bits per heavy atom. The zero-order valence-electron chi connectivity index (χ0n) is 23.8. The molecule has 0 radical (unpaired) electrons. The summed E-state index contributed by atoms with van der Waals surface area (Å²) in [6, 6.07) is 7.67. The summed E-state index contributed by atoms with van der Waals surface area (Å²) in [6.07, 6.45) is 0. The summed E-state index contributed by atoms with van der Waals surface area (Å²) < 4.78 is 70.2. The standard InChI is InChI=1S/C28H21Cl2N5O9S2/c1-10-22(11(2)26(46(42,43)44)12(3)23(10)33-28(38)15-8-18(29)34-35-27(15)30)32-16-9-17(45(39,40)41)21(31)20-19(16)24(36)13-6-4-5-7-14(13)25(20)37/h4-9,32H,31H2,1-3H3,(H,33,38)(H,39,40,41)(H,42,43,44). The lowest BCUT2D eigenvalue weighted by atomic mass is 9.82. The van der Waals surface area contributed by atoms with Gasteiger partial charge in [0.15, 0.2) is 21.9 Å². The molecule has 0 spiro atoms. The van der Waals surface area contributed by atoms with E-state index < -0.39 is 58.8 Å². The number of ketones is 2. The highest BCUT2D eigenvalue weighted by Crippen LogP contribution is 2.43. The highest BCUT2D eigenvalue weighted by Gasteiger charge is 2.37. The van der Waals surface area contributed by atoms with E-state index in [1.165, 1.54) is 45.0 Å². The summed E-state index contributed by atoms with van der Waals surface area (Å²) in [7, 11) is -10.1. The van der Waals surface area contributed by atoms with Crippen molar-refractivity contribution in [2.45, 2.75) is 30.6 Å². The van der Waals surface area contributed by atoms with Crippen molar-refractivity contribution < 1.29 is 40.3 Å². The summed E-state index contributed by atoms with van der Waals surface area (Å²) in [5, 5.41) is 11.9. The molecule has 238 valence electrons. The second kappa shape index (κ2) is 11.4. The van der Waals surface area contributed by atoms with Crippen LogP contribution in [0.4, 0.5) is 22.7 Å². The molecule has 1 heterocycles. The Bertz CT molecular complexity index is 2290. The number of nitrogen functional groups attached to an aromatic ring is 1. The van der Waals surface area contributed by atoms with Crippen LogP contribution in [0.3, 0.4) is 0 Å². The first-order valence-corrected chi connectivity index (χ1v) is 16.5. The number of fused-ring (bicyclic) bond motifs is 2. The van der Waals surface area contributed by atoms with E-state index in [-0.39, 0.29) is 66.3 Å². The molecule has 0 aliphatic heterocycles. The number of rotatable bonds is 6. The third-order valence-electron chi connectivity index (χ3n) is 7.38. The van der Waals surface area contributed by atoms with Crippen LogP contribution in [-0.4, -0.2) is 53.6 Å². The van der Waals surface area contributed by atoms with Crippen molar-refractivity contribution in [3.8, 4) is 0 Å². The van der Waals surface area contributed by atoms with E-state index in [1.54, 1.807) is 0 Å². The lowest BCUT2D eigenvalue weighted by Crippen LogP contribution is -2.25. The van der Waals surface area contributed by atoms with Crippen LogP contribution in [0, 0.1) is 20.8 Å². The second-order valence-corrected chi connectivity index (χ2v) is 13.6. The van der Waals surface area contributed by atoms with Crippen LogP contribution in [0.2, 0.25) is 10.3 Å². The number of nitrogens with one attached hydrogen (secondary N) is 2. The summed E-state index contributed by atoms with van der Waals surface area (Å²) in [6.45, 7) is 4.06. The summed E-state index contributed by atoms with van der Waals surface area (Å²) in [4.78, 5) is 39.0. The molecule has 0 fully saturated rings. The van der Waals surface area contributed by atoms with Crippen LogP contribution in [0.1, 0.15) is 58.9 Å². The van der Waals surface area contributed by atoms with Gasteiger partial charge >= 0.3 is 0 Å². The number of amides is 1. The van der Waals surface area contributed by atoms with Crippen molar-refractivity contribution in [2.75, 3.05) is 16.4 Å². The number of carbonyl (C=O) groups is 3. The summed E-state index contributed by atoms with van der Waals surface area (Å²) in [5.41, 5.74) is 3.49. The molecule has 0 unspecified atom stereocenters. The van der Waals surface area contributed by atoms with E-state index in [9.17, 15) is 40.3 Å². The maximum atomic E-state index is 13.8. The smallest absolute Gasteiger partial charge is 0.296 e. The highest BCUT2D eigenvalue weighted by molar-refractivity contribution is 7.86. The Balaban J connectivity index is 1.79. The number of hydrogen-bond donors (Lipinski definition) is 5. The number of benzene rings is 3. The zero-order chi connectivity index (χ0) is 34.0. The molecule has 5 rings (SSSR count). The molecule has 18 heteroatoms. The number of nitrogens with zero attached hydrogens (tertiary/aromatic N) is 2. The van der Waals surface area contributed by atoms with Gasteiger partial charge in [-0.2, -0.15) is 16.8 Å². The van der Waals surface area contributed by atoms with Crippen molar-refractivity contribution in [3.63, 3.8) is 0 Å². The number of carbonyl (C=O) groups excluding carboxylic acids is 3. The molecule has 4 aromatic rings. The normalized spacial score (nSPS) is 12.8. The largest absolute Gasteiger partial charge is 0.397 e. The Morgan fingerprint density at radius 2 is 1.39 bits per heavy atom. The lowest BCUT2D eigenvalue weighted by Gasteiger charge is -2.26. The SMILES string of the molecule is Cc1c(NC(=O)c2cc(Cl)nnc2Cl)c(C)c(S(=O)(=O)O)c(C)c1Nc1cc(S(=O)(=O)O)c(N)c2c1C(=O)c1ccccc1C2=O. The average molecular weight is 707 g/mol. The van der Waals surface area contributed by atoms with Gasteiger partial charge in [-0.15, -0.1) is 10.2 Å². The Morgan fingerprint density at radius 1 is 0.826 bits per heavy atom. The quantitative estimate of drug-likeness (QED) is 0.120. The van der Waals surface area contributed by atoms with Gasteiger partial charge in [-0.25, -0.2) is 0 Å². The molecule has 0 bridgehead atoms. The fourth-order valence-electron chi connectivity index (χ4n) is 5.39. The minimum absolute atomic E-state index is 0.0208. The summed E-state index contributed by atoms with van der Waals surface area (Å²) in [5.74, 6) is -2.43. The number of hydrogen-bond acceptors (Lipinski definition) is 11. The van der Waals surface area contributed by atoms with Crippen molar-refractivity contribution in [2.24, 2.45) is 0 Å². The molecule has 1 amide bonds. The maximum Gasteiger partial charge on any atom is 0.296 e. The first-order chi connectivity index (χ1) is 21.3. The molecular weight excluding hydrogens is 685 g/mol. The van der Waals surface area contributed by atoms with E-state index in [2.05, 4.69) is 20.8 Å². The first kappa shape index (κ1) is 32.9. The monoisotopic (exact) mass is 705 g/mol. The molecule has 46 heavy (non-hydrogen) atoms. The average Bonchev–Trinajstić information content (AvgIpc) is 2.96. The molecule has 0 atom stereocenters. The van der Waals surface area contributed by atoms with E-state index in [1.807, 2.05) is 0 Å². The van der Waals surface area contributed by atoms with E-state index in [4.69, 9.17) is 28.9 Å². The Kier molecular flexibility index (Phi) is 8.17. The first-order valence-electron chi connectivity index (χ1n) is 12.8. The van der Waals surface area contributed by atoms with E-state index in [0.717, 1.165) is 12.1 Å². The van der Waals surface area contributed by atoms with Gasteiger partial charge in [0.05, 0.1) is 33.8 Å². The van der Waals surface area contributed by atoms with Crippen LogP contribution in [-0.2, 0) is 20.2 Å². The minimum atomic E-state index is -5.08. The maximum absolute atomic E-state index is 13.8. The predicted octanol–water partition coefficient (Wildman–Crippen LogP) is 4.56. The van der Waals surface area contributed by atoms with Gasteiger partial charge < -0.3 is 16.4 Å². The molecule has 14 nitrogen and oxygen atoms in total. The lowest BCUT2D eigenvalue weighted by molar-refractivity contribution is 0.0980. The van der Waals surface area contributed by atoms with Crippen LogP contribution in [0.25, 0.3) is 0 Å². The molecule has 0 saturated carbocycles. The van der Waals surface area contributed by atoms with Crippen molar-refractivity contribution in [1.82, 2.24) is 10.2 Å². The van der Waals surface area contributed by atoms with Crippen LogP contribution in [0.5, 0.6) is 0 Å². The number of nitrogens with two attached hydrogens (primary N) is 1. The Hall–Kier alpha value is -4.45. The number of anilines is 4. The van der Waals surface area contributed by atoms with E-state index in [0.29, 0.717) is 0 Å². The fraction of sp³-hybridized carbons (Fsp3) is 0.107. The van der Waals surface area contributed by atoms with Gasteiger partial charge in [0.25, 0.3) is 26.1 Å². The van der Waals surface area contributed by atoms with Crippen molar-refractivity contribution in [3.05, 3.63) is 91.2 Å². The van der Waals surface area contributed by atoms with Gasteiger partial charge in [-0.05, 0) is 49.6 Å². The van der Waals surface area contributed by atoms with Gasteiger partial charge in [0.2, 0.25) is 0 Å². The Labute approximate surface area is 271 Å². The predicted molar refractivity (Wildman–Crippen MR) is 168 cm³/mol. The topological polar surface area (TPSA) is 236 Å². The third kappa shape index (κ3) is 5.48. The van der Waals surface area contributed by atoms with Gasteiger partial charge in [-0.3, -0.25) is 23.5 Å². The molecule has 1 aliphatic carbocycles. The van der Waals surface area contributed by atoms with E-state index >= 15 is 0 Å². The van der Waals surface area contributed by atoms with Gasteiger partial charge in [0.1, 0.15) is 9.79 Å². The molecule has 1 aliphatic rings. The fourth-order valence-corrected chi connectivity index (χ4v) is 7.34. The van der Waals surface area contributed by atoms with Crippen LogP contribution in [0.15, 0.2) is 46.2 Å². The molecule has 0 saturated heterocycles. The molecule has 3 aromatic carbocycles. The zero-order valence-corrected chi connectivity index (χ0v) is 26.9. The summed E-state index contributed by atoms with van der Waals surface area (Å²) >= 11 is 11.9. The molecular formula is C28H21Cl2N5O9S2. The molecule has 1 aromatic heterocycles. The van der Waals surface area contributed by atoms with Crippen molar-refractivity contribution >= 4 is 83.7 Å². The van der Waals surface area contributed by atoms with Crippen molar-refractivity contribution in [1.29, 1.82) is 0 Å². The number of aromatic nitrogens is 2. The minimum Gasteiger partial charge on any atom is -0.397 e.